The minimum Gasteiger partial charge on any atom is -0.314 e. The molecule has 1 rings (SSSR count). The van der Waals surface area contributed by atoms with E-state index in [0.717, 1.165) is 19.6 Å². The van der Waals surface area contributed by atoms with E-state index in [0.29, 0.717) is 11.9 Å². The Morgan fingerprint density at radius 2 is 2.38 bits per heavy atom. The number of piperazine rings is 1. The maximum atomic E-state index is 5.58. The molecule has 0 bridgehead atoms. The van der Waals surface area contributed by atoms with Crippen molar-refractivity contribution in [1.82, 2.24) is 10.6 Å². The minimum atomic E-state index is 0.491. The summed E-state index contributed by atoms with van der Waals surface area (Å²) in [4.78, 5) is 0. The number of hydrogen-bond donors (Lipinski definition) is 2. The Bertz CT molecular complexity index is 61.4. The zero-order chi connectivity index (χ0) is 5.82. The van der Waals surface area contributed by atoms with Gasteiger partial charge in [0.25, 0.3) is 0 Å². The van der Waals surface area contributed by atoms with Crippen LogP contribution in [0.15, 0.2) is 0 Å². The maximum Gasteiger partial charge on any atom is 0.0389 e. The molecule has 1 heterocycles. The molecule has 48 valence electrons. The van der Waals surface area contributed by atoms with Crippen LogP contribution in [0.3, 0.4) is 0 Å². The van der Waals surface area contributed by atoms with E-state index >= 15 is 0 Å². The molecule has 0 saturated carbocycles. The van der Waals surface area contributed by atoms with Crippen molar-refractivity contribution in [2.45, 2.75) is 6.04 Å². The van der Waals surface area contributed by atoms with Gasteiger partial charge in [-0.05, 0) is 0 Å². The fourth-order valence-corrected chi connectivity index (χ4v) is 1.04. The van der Waals surface area contributed by atoms with E-state index in [2.05, 4.69) is 10.6 Å². The Hall–Kier alpha value is 0.210. The van der Waals surface area contributed by atoms with Crippen molar-refractivity contribution in [2.24, 2.45) is 0 Å². The van der Waals surface area contributed by atoms with Crippen molar-refractivity contribution in [2.75, 3.05) is 25.5 Å². The molecule has 2 N–H and O–H groups in total. The fraction of sp³-hybridized carbons (Fsp3) is 1.00. The van der Waals surface area contributed by atoms with Crippen molar-refractivity contribution >= 4 is 11.6 Å². The molecule has 3 heteroatoms. The Morgan fingerprint density at radius 1 is 1.50 bits per heavy atom. The predicted molar refractivity (Wildman–Crippen MR) is 35.4 cm³/mol. The molecule has 0 amide bonds. The summed E-state index contributed by atoms with van der Waals surface area (Å²) in [6.45, 7) is 3.15. The van der Waals surface area contributed by atoms with Gasteiger partial charge in [0.15, 0.2) is 0 Å². The first-order valence-electron chi connectivity index (χ1n) is 2.93. The molecule has 1 aliphatic heterocycles. The van der Waals surface area contributed by atoms with Crippen LogP contribution in [0.5, 0.6) is 0 Å². The Labute approximate surface area is 54.6 Å². The van der Waals surface area contributed by atoms with Gasteiger partial charge in [0, 0.05) is 31.6 Å². The minimum absolute atomic E-state index is 0.491. The third-order valence-corrected chi connectivity index (χ3v) is 1.68. The van der Waals surface area contributed by atoms with Crippen LogP contribution in [0.25, 0.3) is 0 Å². The van der Waals surface area contributed by atoms with Crippen LogP contribution < -0.4 is 10.6 Å². The van der Waals surface area contributed by atoms with Crippen LogP contribution in [-0.2, 0) is 0 Å². The molecule has 2 nitrogen and oxygen atoms in total. The largest absolute Gasteiger partial charge is 0.314 e. The normalized spacial score (nSPS) is 30.4. The summed E-state index contributed by atoms with van der Waals surface area (Å²) in [5.74, 6) is 0.715. The number of halogens is 1. The summed E-state index contributed by atoms with van der Waals surface area (Å²) in [5, 5.41) is 6.51. The van der Waals surface area contributed by atoms with Gasteiger partial charge in [-0.2, -0.15) is 0 Å². The van der Waals surface area contributed by atoms with Gasteiger partial charge in [0.2, 0.25) is 0 Å². The lowest BCUT2D eigenvalue weighted by molar-refractivity contribution is 0.445. The molecule has 0 aromatic heterocycles. The number of hydrogen-bond acceptors (Lipinski definition) is 2. The molecule has 1 atom stereocenters. The van der Waals surface area contributed by atoms with E-state index in [1.54, 1.807) is 0 Å². The van der Waals surface area contributed by atoms with E-state index < -0.39 is 0 Å². The highest BCUT2D eigenvalue weighted by molar-refractivity contribution is 6.18. The van der Waals surface area contributed by atoms with Crippen LogP contribution in [-0.4, -0.2) is 31.6 Å². The van der Waals surface area contributed by atoms with Crippen molar-refractivity contribution in [3.05, 3.63) is 0 Å². The first-order valence-corrected chi connectivity index (χ1v) is 3.47. The monoisotopic (exact) mass is 134 g/mol. The first kappa shape index (κ1) is 6.33. The van der Waals surface area contributed by atoms with Gasteiger partial charge in [-0.1, -0.05) is 0 Å². The molecule has 8 heavy (non-hydrogen) atoms. The van der Waals surface area contributed by atoms with Crippen molar-refractivity contribution in [1.29, 1.82) is 0 Å². The summed E-state index contributed by atoms with van der Waals surface area (Å²) >= 11 is 5.58. The third-order valence-electron chi connectivity index (χ3n) is 1.31. The van der Waals surface area contributed by atoms with Gasteiger partial charge in [0.05, 0.1) is 0 Å². The van der Waals surface area contributed by atoms with Gasteiger partial charge in [-0.3, -0.25) is 0 Å². The smallest absolute Gasteiger partial charge is 0.0389 e. The molecule has 1 aliphatic rings. The van der Waals surface area contributed by atoms with Gasteiger partial charge < -0.3 is 10.6 Å². The van der Waals surface area contributed by atoms with Gasteiger partial charge in [-0.15, -0.1) is 11.6 Å². The SMILES string of the molecule is ClCC1CNCCN1. The fourth-order valence-electron chi connectivity index (χ4n) is 0.822. The molecule has 0 aliphatic carbocycles. The lowest BCUT2D eigenvalue weighted by Gasteiger charge is -2.21. The summed E-state index contributed by atoms with van der Waals surface area (Å²) in [7, 11) is 0. The molecular formula is C5H11ClN2. The number of rotatable bonds is 1. The van der Waals surface area contributed by atoms with E-state index in [9.17, 15) is 0 Å². The van der Waals surface area contributed by atoms with E-state index in [1.807, 2.05) is 0 Å². The van der Waals surface area contributed by atoms with Crippen LogP contribution in [0.1, 0.15) is 0 Å². The average molecular weight is 135 g/mol. The molecule has 1 unspecified atom stereocenters. The van der Waals surface area contributed by atoms with Crippen LogP contribution >= 0.6 is 11.6 Å². The second kappa shape index (κ2) is 3.28. The highest BCUT2D eigenvalue weighted by Crippen LogP contribution is 1.88. The summed E-state index contributed by atoms with van der Waals surface area (Å²) < 4.78 is 0. The Balaban J connectivity index is 2.13. The average Bonchev–Trinajstić information content (AvgIpc) is 1.90. The molecule has 0 radical (unpaired) electrons. The van der Waals surface area contributed by atoms with Crippen LogP contribution in [0, 0.1) is 0 Å². The quantitative estimate of drug-likeness (QED) is 0.485. The van der Waals surface area contributed by atoms with Crippen molar-refractivity contribution < 1.29 is 0 Å². The molecular weight excluding hydrogens is 124 g/mol. The Morgan fingerprint density at radius 3 is 2.75 bits per heavy atom. The lowest BCUT2D eigenvalue weighted by atomic mass is 10.3. The summed E-state index contributed by atoms with van der Waals surface area (Å²) in [6, 6.07) is 0.491. The highest BCUT2D eigenvalue weighted by atomic mass is 35.5. The topological polar surface area (TPSA) is 24.1 Å². The second-order valence-electron chi connectivity index (χ2n) is 2.01. The standard InChI is InChI=1S/C5H11ClN2/c6-3-5-4-7-1-2-8-5/h5,7-8H,1-4H2. The molecule has 1 fully saturated rings. The third kappa shape index (κ3) is 1.62. The first-order chi connectivity index (χ1) is 3.93. The van der Waals surface area contributed by atoms with Crippen molar-refractivity contribution in [3.8, 4) is 0 Å². The summed E-state index contributed by atoms with van der Waals surface area (Å²) in [6.07, 6.45) is 0. The zero-order valence-corrected chi connectivity index (χ0v) is 5.54. The maximum absolute atomic E-state index is 5.58. The second-order valence-corrected chi connectivity index (χ2v) is 2.32. The highest BCUT2D eigenvalue weighted by Gasteiger charge is 2.08. The van der Waals surface area contributed by atoms with Crippen LogP contribution in [0.4, 0.5) is 0 Å². The molecule has 1 saturated heterocycles. The zero-order valence-electron chi connectivity index (χ0n) is 4.78. The van der Waals surface area contributed by atoms with Crippen molar-refractivity contribution in [3.63, 3.8) is 0 Å². The molecule has 0 aromatic carbocycles. The lowest BCUT2D eigenvalue weighted by Crippen LogP contribution is -2.49. The van der Waals surface area contributed by atoms with Crippen LogP contribution in [0.2, 0.25) is 0 Å². The molecule has 0 spiro atoms. The summed E-state index contributed by atoms with van der Waals surface area (Å²) in [5.41, 5.74) is 0. The van der Waals surface area contributed by atoms with Gasteiger partial charge in [0.1, 0.15) is 0 Å². The van der Waals surface area contributed by atoms with E-state index in [-0.39, 0.29) is 0 Å². The van der Waals surface area contributed by atoms with E-state index in [4.69, 9.17) is 11.6 Å². The Kier molecular flexibility index (Phi) is 2.59. The van der Waals surface area contributed by atoms with Gasteiger partial charge >= 0.3 is 0 Å². The van der Waals surface area contributed by atoms with Gasteiger partial charge in [-0.25, -0.2) is 0 Å². The van der Waals surface area contributed by atoms with E-state index in [1.165, 1.54) is 0 Å². The molecule has 0 aromatic rings. The number of alkyl halides is 1. The number of nitrogens with one attached hydrogen (secondary N) is 2. The predicted octanol–water partition coefficient (Wildman–Crippen LogP) is -0.213.